The quantitative estimate of drug-likeness (QED) is 0.638. The third-order valence-corrected chi connectivity index (χ3v) is 4.48. The first-order chi connectivity index (χ1) is 7.97. The van der Waals surface area contributed by atoms with Crippen molar-refractivity contribution in [2.45, 2.75) is 83.1 Å². The Hall–Kier alpha value is -0.0400. The molecule has 0 N–H and O–H groups in total. The number of hydrogen-bond acceptors (Lipinski definition) is 1. The van der Waals surface area contributed by atoms with Gasteiger partial charge in [-0.3, -0.25) is 0 Å². The number of hydrogen-bond donors (Lipinski definition) is 0. The highest BCUT2D eigenvalue weighted by Crippen LogP contribution is 2.23. The molecule has 1 heterocycles. The second kappa shape index (κ2) is 7.32. The van der Waals surface area contributed by atoms with Crippen LogP contribution < -0.4 is 0 Å². The predicted octanol–water partition coefficient (Wildman–Crippen LogP) is 4.37. The molecule has 2 aliphatic rings. The van der Waals surface area contributed by atoms with Gasteiger partial charge in [-0.05, 0) is 38.8 Å². The minimum absolute atomic E-state index is 0.943. The molecule has 1 aliphatic carbocycles. The maximum atomic E-state index is 2.84. The van der Waals surface area contributed by atoms with Crippen LogP contribution in [0.15, 0.2) is 0 Å². The van der Waals surface area contributed by atoms with Gasteiger partial charge in [0.1, 0.15) is 0 Å². The molecule has 1 aliphatic heterocycles. The zero-order valence-electron chi connectivity index (χ0n) is 10.9. The van der Waals surface area contributed by atoms with Crippen LogP contribution in [-0.4, -0.2) is 24.0 Å². The van der Waals surface area contributed by atoms with Gasteiger partial charge in [-0.2, -0.15) is 0 Å². The topological polar surface area (TPSA) is 3.24 Å². The molecule has 0 aromatic rings. The average Bonchev–Trinajstić information content (AvgIpc) is 2.18. The molecule has 1 heteroatoms. The van der Waals surface area contributed by atoms with E-state index < -0.39 is 0 Å². The van der Waals surface area contributed by atoms with Gasteiger partial charge < -0.3 is 4.90 Å². The van der Waals surface area contributed by atoms with Crippen molar-refractivity contribution in [1.29, 1.82) is 0 Å². The van der Waals surface area contributed by atoms with E-state index in [1.54, 1.807) is 0 Å². The van der Waals surface area contributed by atoms with Crippen LogP contribution in [0.2, 0.25) is 0 Å². The molecule has 0 aromatic heterocycles. The van der Waals surface area contributed by atoms with E-state index in [1.807, 2.05) is 0 Å². The van der Waals surface area contributed by atoms with E-state index in [4.69, 9.17) is 0 Å². The predicted molar refractivity (Wildman–Crippen MR) is 70.8 cm³/mol. The smallest absolute Gasteiger partial charge is 0.00952 e. The Kier molecular flexibility index (Phi) is 5.68. The Morgan fingerprint density at radius 3 is 1.50 bits per heavy atom. The minimum Gasteiger partial charge on any atom is -0.300 e. The largest absolute Gasteiger partial charge is 0.300 e. The summed E-state index contributed by atoms with van der Waals surface area (Å²) in [4.78, 5) is 2.84. The summed E-state index contributed by atoms with van der Waals surface area (Å²) in [7, 11) is 0. The molecule has 0 atom stereocenters. The van der Waals surface area contributed by atoms with Gasteiger partial charge in [-0.1, -0.05) is 51.4 Å². The van der Waals surface area contributed by atoms with Crippen molar-refractivity contribution in [2.24, 2.45) is 0 Å². The normalized spacial score (nSPS) is 27.8. The molecule has 94 valence electrons. The lowest BCUT2D eigenvalue weighted by molar-refractivity contribution is 0.152. The van der Waals surface area contributed by atoms with Crippen LogP contribution >= 0.6 is 0 Å². The number of likely N-dealkylation sites (tertiary alicyclic amines) is 1. The van der Waals surface area contributed by atoms with Gasteiger partial charge in [-0.15, -0.1) is 0 Å². The fraction of sp³-hybridized carbons (Fsp3) is 1.00. The van der Waals surface area contributed by atoms with Crippen molar-refractivity contribution < 1.29 is 0 Å². The van der Waals surface area contributed by atoms with Gasteiger partial charge in [0.2, 0.25) is 0 Å². The minimum atomic E-state index is 0.943. The molecule has 0 aromatic carbocycles. The van der Waals surface area contributed by atoms with E-state index in [-0.39, 0.29) is 0 Å². The molecule has 0 amide bonds. The average molecular weight is 223 g/mol. The van der Waals surface area contributed by atoms with Gasteiger partial charge in [-0.25, -0.2) is 0 Å². The first kappa shape index (κ1) is 12.4. The second-order valence-corrected chi connectivity index (χ2v) is 5.80. The van der Waals surface area contributed by atoms with Crippen molar-refractivity contribution in [3.05, 3.63) is 0 Å². The summed E-state index contributed by atoms with van der Waals surface area (Å²) in [5.41, 5.74) is 0. The molecule has 1 saturated heterocycles. The SMILES string of the molecule is C1CCCC(N2CCCCCCC2)CCC1. The summed E-state index contributed by atoms with van der Waals surface area (Å²) in [6.45, 7) is 2.79. The Bertz CT molecular complexity index is 142. The summed E-state index contributed by atoms with van der Waals surface area (Å²) < 4.78 is 0. The van der Waals surface area contributed by atoms with Crippen molar-refractivity contribution >= 4 is 0 Å². The fourth-order valence-corrected chi connectivity index (χ4v) is 3.44. The standard InChI is InChI=1S/C15H29N/c1-3-7-11-15(12-8-4-1)16-13-9-5-2-6-10-14-16/h15H,1-14H2. The van der Waals surface area contributed by atoms with Crippen molar-refractivity contribution in [2.75, 3.05) is 13.1 Å². The van der Waals surface area contributed by atoms with Crippen LogP contribution in [0.5, 0.6) is 0 Å². The summed E-state index contributed by atoms with van der Waals surface area (Å²) in [6.07, 6.45) is 17.8. The van der Waals surface area contributed by atoms with E-state index in [2.05, 4.69) is 4.90 Å². The zero-order valence-corrected chi connectivity index (χ0v) is 10.9. The molecule has 2 rings (SSSR count). The monoisotopic (exact) mass is 223 g/mol. The number of rotatable bonds is 1. The highest BCUT2D eigenvalue weighted by molar-refractivity contribution is 4.75. The lowest BCUT2D eigenvalue weighted by atomic mass is 9.94. The highest BCUT2D eigenvalue weighted by Gasteiger charge is 2.19. The highest BCUT2D eigenvalue weighted by atomic mass is 15.1. The van der Waals surface area contributed by atoms with E-state index in [9.17, 15) is 0 Å². The number of nitrogens with zero attached hydrogens (tertiary/aromatic N) is 1. The van der Waals surface area contributed by atoms with Crippen molar-refractivity contribution in [3.8, 4) is 0 Å². The van der Waals surface area contributed by atoms with Crippen LogP contribution in [0.3, 0.4) is 0 Å². The Morgan fingerprint density at radius 1 is 0.500 bits per heavy atom. The van der Waals surface area contributed by atoms with Gasteiger partial charge in [0.15, 0.2) is 0 Å². The van der Waals surface area contributed by atoms with E-state index in [0.717, 1.165) is 6.04 Å². The van der Waals surface area contributed by atoms with Gasteiger partial charge in [0.25, 0.3) is 0 Å². The molecule has 0 unspecified atom stereocenters. The third kappa shape index (κ3) is 4.08. The molecule has 16 heavy (non-hydrogen) atoms. The molecule has 1 saturated carbocycles. The van der Waals surface area contributed by atoms with Gasteiger partial charge >= 0.3 is 0 Å². The molecule has 0 bridgehead atoms. The first-order valence-corrected chi connectivity index (χ1v) is 7.71. The van der Waals surface area contributed by atoms with Crippen LogP contribution in [0.1, 0.15) is 77.0 Å². The van der Waals surface area contributed by atoms with Gasteiger partial charge in [0.05, 0.1) is 0 Å². The Labute approximate surface area is 102 Å². The molecular formula is C15H29N. The molecule has 0 spiro atoms. The van der Waals surface area contributed by atoms with Crippen LogP contribution in [0, 0.1) is 0 Å². The first-order valence-electron chi connectivity index (χ1n) is 7.71. The van der Waals surface area contributed by atoms with E-state index in [0.29, 0.717) is 0 Å². The molecule has 0 radical (unpaired) electrons. The fourth-order valence-electron chi connectivity index (χ4n) is 3.44. The summed E-state index contributed by atoms with van der Waals surface area (Å²) in [5.74, 6) is 0. The Balaban J connectivity index is 1.81. The summed E-state index contributed by atoms with van der Waals surface area (Å²) in [5, 5.41) is 0. The van der Waals surface area contributed by atoms with E-state index in [1.165, 1.54) is 90.1 Å². The van der Waals surface area contributed by atoms with E-state index >= 15 is 0 Å². The van der Waals surface area contributed by atoms with Crippen LogP contribution in [0.4, 0.5) is 0 Å². The van der Waals surface area contributed by atoms with Crippen LogP contribution in [-0.2, 0) is 0 Å². The third-order valence-electron chi connectivity index (χ3n) is 4.48. The van der Waals surface area contributed by atoms with Crippen molar-refractivity contribution in [3.63, 3.8) is 0 Å². The molecular weight excluding hydrogens is 194 g/mol. The lowest BCUT2D eigenvalue weighted by Crippen LogP contribution is -2.38. The van der Waals surface area contributed by atoms with Crippen molar-refractivity contribution in [1.82, 2.24) is 4.90 Å². The maximum absolute atomic E-state index is 2.84. The maximum Gasteiger partial charge on any atom is 0.00952 e. The summed E-state index contributed by atoms with van der Waals surface area (Å²) in [6, 6.07) is 0.943. The zero-order chi connectivity index (χ0) is 11.1. The summed E-state index contributed by atoms with van der Waals surface area (Å²) >= 11 is 0. The molecule has 2 fully saturated rings. The second-order valence-electron chi connectivity index (χ2n) is 5.80. The van der Waals surface area contributed by atoms with Crippen LogP contribution in [0.25, 0.3) is 0 Å². The Morgan fingerprint density at radius 2 is 0.938 bits per heavy atom. The molecule has 1 nitrogen and oxygen atoms in total. The van der Waals surface area contributed by atoms with Gasteiger partial charge in [0, 0.05) is 6.04 Å². The lowest BCUT2D eigenvalue weighted by Gasteiger charge is -2.34.